The number of aliphatic hydroxyl groups excluding tert-OH is 1. The van der Waals surface area contributed by atoms with E-state index in [2.05, 4.69) is 25.2 Å². The molecule has 1 aromatic carbocycles. The lowest BCUT2D eigenvalue weighted by Crippen LogP contribution is -2.53. The summed E-state index contributed by atoms with van der Waals surface area (Å²) >= 11 is 1.63. The minimum atomic E-state index is -0.790. The number of anilines is 1. The molecule has 9 heteroatoms. The van der Waals surface area contributed by atoms with E-state index in [-0.39, 0.29) is 29.6 Å². The topological polar surface area (TPSA) is 90.4 Å². The Balaban J connectivity index is 1.48. The fourth-order valence-electron chi connectivity index (χ4n) is 6.87. The summed E-state index contributed by atoms with van der Waals surface area (Å²) in [5.41, 5.74) is 0.771. The van der Waals surface area contributed by atoms with E-state index in [9.17, 15) is 19.5 Å². The van der Waals surface area contributed by atoms with E-state index in [4.69, 9.17) is 4.74 Å². The van der Waals surface area contributed by atoms with Gasteiger partial charge in [0.15, 0.2) is 0 Å². The molecule has 5 atom stereocenters. The zero-order valence-corrected chi connectivity index (χ0v) is 25.1. The van der Waals surface area contributed by atoms with E-state index >= 15 is 0 Å². The number of ether oxygens (including phenoxy) is 1. The lowest BCUT2D eigenvalue weighted by atomic mass is 9.78. The van der Waals surface area contributed by atoms with Crippen LogP contribution in [0.1, 0.15) is 52.4 Å². The maximum atomic E-state index is 14.4. The van der Waals surface area contributed by atoms with Gasteiger partial charge in [0.2, 0.25) is 17.7 Å². The SMILES string of the molecule is CCCCCN1CC=C[C@]23S[C@H]4C=CCN(c5ccc(OCC)cc5)C(=O)[C@H]4[C@H]2C(=O)N(CCCCCO)C3C1=O. The van der Waals surface area contributed by atoms with Gasteiger partial charge in [-0.2, -0.15) is 0 Å². The van der Waals surface area contributed by atoms with Crippen LogP contribution in [0.25, 0.3) is 0 Å². The number of thioether (sulfide) groups is 1. The van der Waals surface area contributed by atoms with Crippen molar-refractivity contribution in [2.24, 2.45) is 11.8 Å². The van der Waals surface area contributed by atoms with Crippen LogP contribution in [0.4, 0.5) is 5.69 Å². The molecule has 2 fully saturated rings. The van der Waals surface area contributed by atoms with E-state index in [1.807, 2.05) is 42.2 Å². The summed E-state index contributed by atoms with van der Waals surface area (Å²) in [7, 11) is 0. The van der Waals surface area contributed by atoms with Gasteiger partial charge in [-0.3, -0.25) is 14.4 Å². The molecule has 2 saturated heterocycles. The summed E-state index contributed by atoms with van der Waals surface area (Å²) in [5, 5.41) is 9.09. The highest BCUT2D eigenvalue weighted by Crippen LogP contribution is 2.61. The Morgan fingerprint density at radius 1 is 0.927 bits per heavy atom. The number of aliphatic hydroxyl groups is 1. The summed E-state index contributed by atoms with van der Waals surface area (Å²) in [6.07, 6.45) is 13.4. The Labute approximate surface area is 247 Å². The van der Waals surface area contributed by atoms with Gasteiger partial charge in [-0.1, -0.05) is 44.1 Å². The molecule has 1 spiro atoms. The maximum absolute atomic E-state index is 14.4. The molecule has 0 aromatic heterocycles. The van der Waals surface area contributed by atoms with Gasteiger partial charge in [0.1, 0.15) is 11.8 Å². The van der Waals surface area contributed by atoms with E-state index < -0.39 is 22.6 Å². The molecule has 0 bridgehead atoms. The van der Waals surface area contributed by atoms with Gasteiger partial charge in [0.05, 0.1) is 23.2 Å². The van der Waals surface area contributed by atoms with Crippen molar-refractivity contribution < 1.29 is 24.2 Å². The van der Waals surface area contributed by atoms with E-state index in [1.54, 1.807) is 21.6 Å². The Bertz CT molecular complexity index is 1170. The first-order valence-corrected chi connectivity index (χ1v) is 16.1. The predicted octanol–water partition coefficient (Wildman–Crippen LogP) is 4.04. The number of hydrogen-bond acceptors (Lipinski definition) is 6. The van der Waals surface area contributed by atoms with Crippen LogP contribution >= 0.6 is 11.8 Å². The fourth-order valence-corrected chi connectivity index (χ4v) is 8.88. The van der Waals surface area contributed by atoms with Crippen molar-refractivity contribution in [1.29, 1.82) is 0 Å². The largest absolute Gasteiger partial charge is 0.494 e. The summed E-state index contributed by atoms with van der Waals surface area (Å²) in [5.74, 6) is -0.602. The van der Waals surface area contributed by atoms with Crippen LogP contribution in [0.2, 0.25) is 0 Å². The zero-order chi connectivity index (χ0) is 29.0. The van der Waals surface area contributed by atoms with Crippen LogP contribution < -0.4 is 9.64 Å². The number of likely N-dealkylation sites (tertiary alicyclic amines) is 1. The van der Waals surface area contributed by atoms with Crippen molar-refractivity contribution in [3.63, 3.8) is 0 Å². The second kappa shape index (κ2) is 13.0. The van der Waals surface area contributed by atoms with Crippen LogP contribution in [0.3, 0.4) is 0 Å². The van der Waals surface area contributed by atoms with Gasteiger partial charge in [0.25, 0.3) is 0 Å². The lowest BCUT2D eigenvalue weighted by molar-refractivity contribution is -0.142. The third kappa shape index (κ3) is 5.55. The summed E-state index contributed by atoms with van der Waals surface area (Å²) < 4.78 is 4.80. The zero-order valence-electron chi connectivity index (χ0n) is 24.2. The quantitative estimate of drug-likeness (QED) is 0.296. The standard InChI is InChI=1S/C32H43N3O5S/c1-3-5-7-18-33-19-11-17-32-27(30(38)35(28(32)31(33)39)20-8-6-9-22-36)26-25(41-32)12-10-21-34(29(26)37)23-13-15-24(16-14-23)40-4-2/h10-17,25-28,36H,3-9,18-22H2,1-2H3/t25-,26+,27-,28?,32-/m0/s1. The molecule has 5 rings (SSSR count). The second-order valence-electron chi connectivity index (χ2n) is 11.4. The van der Waals surface area contributed by atoms with Crippen molar-refractivity contribution >= 4 is 35.2 Å². The van der Waals surface area contributed by atoms with E-state index in [0.29, 0.717) is 45.6 Å². The average molecular weight is 582 g/mol. The number of unbranched alkanes of at least 4 members (excludes halogenated alkanes) is 4. The molecule has 8 nitrogen and oxygen atoms in total. The highest BCUT2D eigenvalue weighted by atomic mass is 32.2. The average Bonchev–Trinajstić information content (AvgIpc) is 3.28. The molecule has 1 aromatic rings. The molecule has 4 aliphatic rings. The van der Waals surface area contributed by atoms with Crippen LogP contribution in [0.5, 0.6) is 5.75 Å². The predicted molar refractivity (Wildman–Crippen MR) is 162 cm³/mol. The molecule has 4 heterocycles. The van der Waals surface area contributed by atoms with Crippen LogP contribution in [0, 0.1) is 11.8 Å². The van der Waals surface area contributed by atoms with Crippen LogP contribution in [0.15, 0.2) is 48.6 Å². The van der Waals surface area contributed by atoms with Crippen LogP contribution in [-0.2, 0) is 14.4 Å². The molecule has 1 N–H and O–H groups in total. The molecule has 0 saturated carbocycles. The number of hydrogen-bond donors (Lipinski definition) is 1. The van der Waals surface area contributed by atoms with Gasteiger partial charge in [-0.15, -0.1) is 11.8 Å². The smallest absolute Gasteiger partial charge is 0.247 e. The molecule has 0 aliphatic carbocycles. The minimum absolute atomic E-state index is 0.00660. The summed E-state index contributed by atoms with van der Waals surface area (Å²) in [4.78, 5) is 48.4. The van der Waals surface area contributed by atoms with Gasteiger partial charge < -0.3 is 24.5 Å². The molecule has 4 aliphatic heterocycles. The number of carbonyl (C=O) groups excluding carboxylic acids is 3. The highest BCUT2D eigenvalue weighted by Gasteiger charge is 2.70. The van der Waals surface area contributed by atoms with E-state index in [0.717, 1.165) is 37.1 Å². The number of fused-ring (bicyclic) bond motifs is 2. The molecule has 3 amide bonds. The number of amides is 3. The Morgan fingerprint density at radius 3 is 2.44 bits per heavy atom. The first-order chi connectivity index (χ1) is 20.0. The van der Waals surface area contributed by atoms with Gasteiger partial charge in [0, 0.05) is 43.7 Å². The van der Waals surface area contributed by atoms with Crippen molar-refractivity contribution in [3.05, 3.63) is 48.6 Å². The number of rotatable bonds is 12. The molecular weight excluding hydrogens is 538 g/mol. The van der Waals surface area contributed by atoms with Crippen molar-refractivity contribution in [1.82, 2.24) is 9.80 Å². The van der Waals surface area contributed by atoms with Crippen molar-refractivity contribution in [2.45, 2.75) is 68.4 Å². The highest BCUT2D eigenvalue weighted by molar-refractivity contribution is 8.02. The van der Waals surface area contributed by atoms with E-state index in [1.165, 1.54) is 0 Å². The summed E-state index contributed by atoms with van der Waals surface area (Å²) in [6, 6.07) is 6.89. The monoisotopic (exact) mass is 581 g/mol. The molecule has 222 valence electrons. The fraction of sp³-hybridized carbons (Fsp3) is 0.594. The molecule has 41 heavy (non-hydrogen) atoms. The minimum Gasteiger partial charge on any atom is -0.494 e. The molecular formula is C32H43N3O5S. The normalized spacial score (nSPS) is 29.0. The molecule has 0 radical (unpaired) electrons. The van der Waals surface area contributed by atoms with Gasteiger partial charge >= 0.3 is 0 Å². The Hall–Kier alpha value is -2.78. The lowest BCUT2D eigenvalue weighted by Gasteiger charge is -2.35. The first kappa shape index (κ1) is 29.7. The number of carbonyl (C=O) groups is 3. The van der Waals surface area contributed by atoms with Gasteiger partial charge in [-0.05, 0) is 56.9 Å². The Kier molecular flexibility index (Phi) is 9.44. The maximum Gasteiger partial charge on any atom is 0.247 e. The third-order valence-electron chi connectivity index (χ3n) is 8.79. The Morgan fingerprint density at radius 2 is 1.71 bits per heavy atom. The van der Waals surface area contributed by atoms with Crippen LogP contribution in [-0.4, -0.2) is 88.1 Å². The third-order valence-corrected chi connectivity index (χ3v) is 10.5. The van der Waals surface area contributed by atoms with Crippen molar-refractivity contribution in [3.8, 4) is 5.75 Å². The molecule has 1 unspecified atom stereocenters. The second-order valence-corrected chi connectivity index (χ2v) is 12.8. The number of nitrogens with zero attached hydrogens (tertiary/aromatic N) is 3. The van der Waals surface area contributed by atoms with Gasteiger partial charge in [-0.25, -0.2) is 0 Å². The summed E-state index contributed by atoms with van der Waals surface area (Å²) in [6.45, 7) is 6.84. The number of benzene rings is 1. The van der Waals surface area contributed by atoms with Crippen molar-refractivity contribution in [2.75, 3.05) is 44.3 Å². The first-order valence-electron chi connectivity index (χ1n) is 15.2.